The van der Waals surface area contributed by atoms with Gasteiger partial charge in [0, 0.05) is 12.6 Å². The quantitative estimate of drug-likeness (QED) is 0.775. The van der Waals surface area contributed by atoms with Crippen LogP contribution in [0.15, 0.2) is 6.07 Å². The molecule has 19 heavy (non-hydrogen) atoms. The Hall–Kier alpha value is -1.57. The number of anilines is 1. The van der Waals surface area contributed by atoms with E-state index in [1.807, 2.05) is 6.92 Å². The van der Waals surface area contributed by atoms with Crippen LogP contribution in [0.25, 0.3) is 0 Å². The molecule has 0 bridgehead atoms. The molecule has 0 aliphatic heterocycles. The van der Waals surface area contributed by atoms with Gasteiger partial charge in [0.25, 0.3) is 0 Å². The number of rotatable bonds is 7. The summed E-state index contributed by atoms with van der Waals surface area (Å²) in [5.74, 6) is 1.44. The molecule has 0 atom stereocenters. The molecule has 0 aliphatic rings. The Morgan fingerprint density at radius 1 is 1.32 bits per heavy atom. The van der Waals surface area contributed by atoms with Crippen LogP contribution in [0, 0.1) is 6.92 Å². The molecule has 1 aromatic rings. The second-order valence-electron chi connectivity index (χ2n) is 3.67. The van der Waals surface area contributed by atoms with Gasteiger partial charge in [-0.3, -0.25) is 0 Å². The molecule has 0 unspecified atom stereocenters. The number of ether oxygens (including phenoxy) is 2. The number of hydrogen-bond acceptors (Lipinski definition) is 5. The molecule has 0 radical (unpaired) electrons. The van der Waals surface area contributed by atoms with Crippen molar-refractivity contribution in [1.82, 2.24) is 9.97 Å². The molecule has 0 spiro atoms. The van der Waals surface area contributed by atoms with Crippen LogP contribution in [0.3, 0.4) is 0 Å². The van der Waals surface area contributed by atoms with E-state index in [0.29, 0.717) is 24.1 Å². The predicted molar refractivity (Wildman–Crippen MR) is 63.3 cm³/mol. The van der Waals surface area contributed by atoms with E-state index in [-0.39, 0.29) is 13.2 Å². The van der Waals surface area contributed by atoms with E-state index in [4.69, 9.17) is 4.74 Å². The Balaban J connectivity index is 2.36. The van der Waals surface area contributed by atoms with Crippen molar-refractivity contribution in [1.29, 1.82) is 0 Å². The van der Waals surface area contributed by atoms with Crippen molar-refractivity contribution in [3.05, 3.63) is 11.9 Å². The summed E-state index contributed by atoms with van der Waals surface area (Å²) < 4.78 is 45.1. The Kier molecular flexibility index (Phi) is 5.81. The minimum Gasteiger partial charge on any atom is -0.478 e. The molecule has 1 aromatic heterocycles. The van der Waals surface area contributed by atoms with Crippen LogP contribution in [0.4, 0.5) is 19.0 Å². The molecule has 108 valence electrons. The van der Waals surface area contributed by atoms with Crippen molar-refractivity contribution >= 4 is 5.82 Å². The van der Waals surface area contributed by atoms with E-state index in [2.05, 4.69) is 20.0 Å². The molecule has 8 heteroatoms. The fraction of sp³-hybridized carbons (Fsp3) is 0.636. The molecule has 0 saturated carbocycles. The van der Waals surface area contributed by atoms with Gasteiger partial charge in [-0.25, -0.2) is 4.98 Å². The van der Waals surface area contributed by atoms with Crippen LogP contribution in [0.1, 0.15) is 12.7 Å². The summed E-state index contributed by atoms with van der Waals surface area (Å²) in [6.45, 7) is 2.92. The van der Waals surface area contributed by atoms with Gasteiger partial charge >= 0.3 is 6.18 Å². The Morgan fingerprint density at radius 3 is 2.68 bits per heavy atom. The van der Waals surface area contributed by atoms with E-state index in [1.165, 1.54) is 0 Å². The number of nitrogens with zero attached hydrogens (tertiary/aromatic N) is 2. The van der Waals surface area contributed by atoms with Gasteiger partial charge in [-0.15, -0.1) is 0 Å². The van der Waals surface area contributed by atoms with E-state index in [1.54, 1.807) is 13.0 Å². The SMILES string of the molecule is CCOc1cc(NCCOCC(F)(F)F)nc(C)n1. The number of aromatic nitrogens is 2. The van der Waals surface area contributed by atoms with E-state index < -0.39 is 12.8 Å². The van der Waals surface area contributed by atoms with Gasteiger partial charge < -0.3 is 14.8 Å². The van der Waals surface area contributed by atoms with E-state index >= 15 is 0 Å². The van der Waals surface area contributed by atoms with E-state index in [0.717, 1.165) is 0 Å². The predicted octanol–water partition coefficient (Wildman–Crippen LogP) is 2.17. The first-order valence-electron chi connectivity index (χ1n) is 5.77. The van der Waals surface area contributed by atoms with Gasteiger partial charge in [0.05, 0.1) is 13.2 Å². The third-order valence-corrected chi connectivity index (χ3v) is 1.92. The highest BCUT2D eigenvalue weighted by atomic mass is 19.4. The Labute approximate surface area is 109 Å². The van der Waals surface area contributed by atoms with Crippen LogP contribution in [0.2, 0.25) is 0 Å². The average molecular weight is 279 g/mol. The standard InChI is InChI=1S/C11H16F3N3O2/c1-3-19-10-6-9(16-8(2)17-10)15-4-5-18-7-11(12,13)14/h6H,3-5,7H2,1-2H3,(H,15,16,17). The largest absolute Gasteiger partial charge is 0.478 e. The molecule has 0 aliphatic carbocycles. The summed E-state index contributed by atoms with van der Waals surface area (Å²) in [5, 5.41) is 2.85. The minimum absolute atomic E-state index is 0.0630. The zero-order valence-corrected chi connectivity index (χ0v) is 10.8. The normalized spacial score (nSPS) is 11.4. The molecular formula is C11H16F3N3O2. The Bertz CT molecular complexity index is 399. The molecule has 0 aromatic carbocycles. The molecule has 1 rings (SSSR count). The second-order valence-corrected chi connectivity index (χ2v) is 3.67. The summed E-state index contributed by atoms with van der Waals surface area (Å²) >= 11 is 0. The van der Waals surface area contributed by atoms with Crippen LogP contribution in [-0.4, -0.2) is 42.5 Å². The maximum absolute atomic E-state index is 11.8. The lowest BCUT2D eigenvalue weighted by Crippen LogP contribution is -2.20. The highest BCUT2D eigenvalue weighted by Gasteiger charge is 2.27. The summed E-state index contributed by atoms with van der Waals surface area (Å²) in [6.07, 6.45) is -4.30. The van der Waals surface area contributed by atoms with E-state index in [9.17, 15) is 13.2 Å². The fourth-order valence-corrected chi connectivity index (χ4v) is 1.29. The summed E-state index contributed by atoms with van der Waals surface area (Å²) in [7, 11) is 0. The maximum atomic E-state index is 11.8. The number of alkyl halides is 3. The van der Waals surface area contributed by atoms with Crippen molar-refractivity contribution in [3.8, 4) is 5.88 Å². The topological polar surface area (TPSA) is 56.3 Å². The summed E-state index contributed by atoms with van der Waals surface area (Å²) in [6, 6.07) is 1.58. The maximum Gasteiger partial charge on any atom is 0.411 e. The third-order valence-electron chi connectivity index (χ3n) is 1.92. The zero-order valence-electron chi connectivity index (χ0n) is 10.8. The number of nitrogens with one attached hydrogen (secondary N) is 1. The van der Waals surface area contributed by atoms with Crippen molar-refractivity contribution in [2.75, 3.05) is 31.7 Å². The van der Waals surface area contributed by atoms with Gasteiger partial charge in [0.2, 0.25) is 5.88 Å². The molecule has 1 N–H and O–H groups in total. The molecule has 1 heterocycles. The fourth-order valence-electron chi connectivity index (χ4n) is 1.29. The molecular weight excluding hydrogens is 263 g/mol. The van der Waals surface area contributed by atoms with Gasteiger partial charge in [-0.2, -0.15) is 18.2 Å². The molecule has 0 fully saturated rings. The van der Waals surface area contributed by atoms with Crippen molar-refractivity contribution < 1.29 is 22.6 Å². The van der Waals surface area contributed by atoms with Gasteiger partial charge in [0.15, 0.2) is 0 Å². The van der Waals surface area contributed by atoms with Crippen molar-refractivity contribution in [2.45, 2.75) is 20.0 Å². The summed E-state index contributed by atoms with van der Waals surface area (Å²) in [5.41, 5.74) is 0. The number of halogens is 3. The van der Waals surface area contributed by atoms with Crippen LogP contribution >= 0.6 is 0 Å². The lowest BCUT2D eigenvalue weighted by atomic mass is 10.5. The van der Waals surface area contributed by atoms with Crippen LogP contribution in [-0.2, 0) is 4.74 Å². The first-order chi connectivity index (χ1) is 8.90. The second kappa shape index (κ2) is 7.13. The minimum atomic E-state index is -4.30. The number of hydrogen-bond donors (Lipinski definition) is 1. The van der Waals surface area contributed by atoms with Crippen LogP contribution in [0.5, 0.6) is 5.88 Å². The lowest BCUT2D eigenvalue weighted by Gasteiger charge is -2.10. The van der Waals surface area contributed by atoms with Crippen molar-refractivity contribution in [3.63, 3.8) is 0 Å². The average Bonchev–Trinajstić information content (AvgIpc) is 2.26. The van der Waals surface area contributed by atoms with Crippen molar-refractivity contribution in [2.24, 2.45) is 0 Å². The van der Waals surface area contributed by atoms with Gasteiger partial charge in [-0.1, -0.05) is 0 Å². The lowest BCUT2D eigenvalue weighted by molar-refractivity contribution is -0.172. The molecule has 0 amide bonds. The summed E-state index contributed by atoms with van der Waals surface area (Å²) in [4.78, 5) is 8.13. The highest BCUT2D eigenvalue weighted by molar-refractivity contribution is 5.38. The van der Waals surface area contributed by atoms with Crippen LogP contribution < -0.4 is 10.1 Å². The third kappa shape index (κ3) is 6.80. The molecule has 0 saturated heterocycles. The first kappa shape index (κ1) is 15.5. The highest BCUT2D eigenvalue weighted by Crippen LogP contribution is 2.15. The smallest absolute Gasteiger partial charge is 0.411 e. The van der Waals surface area contributed by atoms with Gasteiger partial charge in [0.1, 0.15) is 18.2 Å². The monoisotopic (exact) mass is 279 g/mol. The molecule has 5 nitrogen and oxygen atoms in total. The van der Waals surface area contributed by atoms with Gasteiger partial charge in [-0.05, 0) is 13.8 Å². The zero-order chi connectivity index (χ0) is 14.3. The first-order valence-corrected chi connectivity index (χ1v) is 5.77. The Morgan fingerprint density at radius 2 is 2.05 bits per heavy atom. The number of aryl methyl sites for hydroxylation is 1.